The molecule has 0 saturated carbocycles. The van der Waals surface area contributed by atoms with Crippen LogP contribution in [0.1, 0.15) is 5.69 Å². The van der Waals surface area contributed by atoms with Crippen molar-refractivity contribution in [1.29, 1.82) is 5.26 Å². The smallest absolute Gasteiger partial charge is 0.273 e. The van der Waals surface area contributed by atoms with Gasteiger partial charge in [0.05, 0.1) is 15.5 Å². The number of hydrogen-bond acceptors (Lipinski definition) is 5. The lowest BCUT2D eigenvalue weighted by Gasteiger charge is -2.07. The molecular weight excluding hydrogens is 314 g/mol. The second kappa shape index (κ2) is 5.46. The van der Waals surface area contributed by atoms with Crippen LogP contribution in [0.2, 0.25) is 0 Å². The van der Waals surface area contributed by atoms with Crippen molar-refractivity contribution < 1.29 is 9.66 Å². The van der Waals surface area contributed by atoms with E-state index < -0.39 is 4.92 Å². The first-order chi connectivity index (χ1) is 9.10. The summed E-state index contributed by atoms with van der Waals surface area (Å²) in [5, 5.41) is 19.4. The van der Waals surface area contributed by atoms with E-state index in [2.05, 4.69) is 20.9 Å². The normalized spacial score (nSPS) is 9.68. The van der Waals surface area contributed by atoms with Gasteiger partial charge in [-0.3, -0.25) is 10.1 Å². The molecule has 1 heterocycles. The number of pyridine rings is 1. The van der Waals surface area contributed by atoms with E-state index in [1.165, 1.54) is 30.5 Å². The minimum Gasteiger partial charge on any atom is -0.456 e. The molecular formula is C12H6BrN3O3. The molecule has 0 aliphatic heterocycles. The van der Waals surface area contributed by atoms with E-state index in [1.807, 2.05) is 6.07 Å². The molecule has 0 unspecified atom stereocenters. The van der Waals surface area contributed by atoms with Crippen LogP contribution >= 0.6 is 15.9 Å². The summed E-state index contributed by atoms with van der Waals surface area (Å²) in [6.45, 7) is 0. The number of nitriles is 1. The molecule has 0 atom stereocenters. The third kappa shape index (κ3) is 3.05. The van der Waals surface area contributed by atoms with Crippen molar-refractivity contribution in [1.82, 2.24) is 4.98 Å². The highest BCUT2D eigenvalue weighted by Crippen LogP contribution is 2.32. The topological polar surface area (TPSA) is 89.0 Å². The van der Waals surface area contributed by atoms with Gasteiger partial charge in [0.2, 0.25) is 0 Å². The van der Waals surface area contributed by atoms with Crippen LogP contribution < -0.4 is 4.74 Å². The fourth-order valence-corrected chi connectivity index (χ4v) is 1.67. The maximum atomic E-state index is 10.7. The molecule has 19 heavy (non-hydrogen) atoms. The molecule has 0 aliphatic carbocycles. The Bertz CT molecular complexity index is 682. The zero-order valence-electron chi connectivity index (χ0n) is 9.41. The van der Waals surface area contributed by atoms with Crippen molar-refractivity contribution in [2.24, 2.45) is 0 Å². The molecule has 1 aromatic carbocycles. The third-order valence-electron chi connectivity index (χ3n) is 2.20. The van der Waals surface area contributed by atoms with Gasteiger partial charge in [-0.1, -0.05) is 0 Å². The third-order valence-corrected chi connectivity index (χ3v) is 2.85. The molecule has 1 aromatic heterocycles. The molecule has 0 spiro atoms. The number of nitro groups is 1. The molecule has 6 nitrogen and oxygen atoms in total. The molecule has 0 fully saturated rings. The van der Waals surface area contributed by atoms with Crippen LogP contribution in [-0.4, -0.2) is 9.91 Å². The summed E-state index contributed by atoms with van der Waals surface area (Å²) < 4.78 is 6.08. The fraction of sp³-hybridized carbons (Fsp3) is 0. The van der Waals surface area contributed by atoms with E-state index in [0.29, 0.717) is 16.0 Å². The summed E-state index contributed by atoms with van der Waals surface area (Å²) >= 11 is 3.24. The molecule has 0 saturated heterocycles. The van der Waals surface area contributed by atoms with Crippen molar-refractivity contribution in [2.45, 2.75) is 0 Å². The number of nitro benzene ring substituents is 1. The van der Waals surface area contributed by atoms with Crippen LogP contribution in [0.4, 0.5) is 5.69 Å². The van der Waals surface area contributed by atoms with Gasteiger partial charge >= 0.3 is 0 Å². The predicted molar refractivity (Wildman–Crippen MR) is 69.8 cm³/mol. The lowest BCUT2D eigenvalue weighted by atomic mass is 10.3. The van der Waals surface area contributed by atoms with Gasteiger partial charge in [0.25, 0.3) is 5.69 Å². The zero-order valence-corrected chi connectivity index (χ0v) is 11.0. The summed E-state index contributed by atoms with van der Waals surface area (Å²) in [7, 11) is 0. The first-order valence-corrected chi connectivity index (χ1v) is 5.87. The number of halogens is 1. The minimum absolute atomic E-state index is 0.0761. The van der Waals surface area contributed by atoms with E-state index in [-0.39, 0.29) is 11.4 Å². The van der Waals surface area contributed by atoms with Gasteiger partial charge in [-0.15, -0.1) is 0 Å². The lowest BCUT2D eigenvalue weighted by molar-refractivity contribution is -0.384. The van der Waals surface area contributed by atoms with Gasteiger partial charge in [0, 0.05) is 18.3 Å². The van der Waals surface area contributed by atoms with Crippen LogP contribution in [0.3, 0.4) is 0 Å². The summed E-state index contributed by atoms with van der Waals surface area (Å²) in [6.07, 6.45) is 1.43. The van der Waals surface area contributed by atoms with Gasteiger partial charge in [-0.05, 0) is 28.1 Å². The van der Waals surface area contributed by atoms with Gasteiger partial charge < -0.3 is 4.74 Å². The van der Waals surface area contributed by atoms with Gasteiger partial charge in [-0.25, -0.2) is 4.98 Å². The number of non-ortho nitro benzene ring substituents is 1. The first-order valence-electron chi connectivity index (χ1n) is 5.08. The summed E-state index contributed by atoms with van der Waals surface area (Å²) in [5.74, 6) is 0.678. The Kier molecular flexibility index (Phi) is 3.73. The van der Waals surface area contributed by atoms with Crippen LogP contribution in [0, 0.1) is 21.4 Å². The minimum atomic E-state index is -0.507. The number of aromatic nitrogens is 1. The number of nitrogens with zero attached hydrogens (tertiary/aromatic N) is 3. The summed E-state index contributed by atoms with van der Waals surface area (Å²) in [4.78, 5) is 14.0. The van der Waals surface area contributed by atoms with Crippen LogP contribution in [0.25, 0.3) is 0 Å². The molecule has 2 rings (SSSR count). The molecule has 94 valence electrons. The standard InChI is InChI=1S/C12H6BrN3O3/c13-11-2-1-9(16(17)18)6-12(11)19-10-3-4-15-8(5-10)7-14/h1-6H. The Morgan fingerprint density at radius 2 is 2.16 bits per heavy atom. The van der Waals surface area contributed by atoms with Crippen LogP contribution in [0.15, 0.2) is 41.0 Å². The van der Waals surface area contributed by atoms with Crippen molar-refractivity contribution in [3.8, 4) is 17.6 Å². The first kappa shape index (κ1) is 13.0. The molecule has 0 amide bonds. The van der Waals surface area contributed by atoms with Gasteiger partial charge in [0.1, 0.15) is 23.3 Å². The highest BCUT2D eigenvalue weighted by Gasteiger charge is 2.11. The molecule has 0 bridgehead atoms. The Balaban J connectivity index is 2.34. The molecule has 0 N–H and O–H groups in total. The van der Waals surface area contributed by atoms with E-state index >= 15 is 0 Å². The average molecular weight is 320 g/mol. The second-order valence-electron chi connectivity index (χ2n) is 3.46. The van der Waals surface area contributed by atoms with Crippen molar-refractivity contribution in [3.05, 3.63) is 56.8 Å². The average Bonchev–Trinajstić information content (AvgIpc) is 2.41. The predicted octanol–water partition coefficient (Wildman–Crippen LogP) is 3.42. The molecule has 0 radical (unpaired) electrons. The summed E-state index contributed by atoms with van der Waals surface area (Å²) in [6, 6.07) is 9.09. The number of benzene rings is 1. The van der Waals surface area contributed by atoms with E-state index in [0.717, 1.165) is 0 Å². The molecule has 7 heteroatoms. The summed E-state index contributed by atoms with van der Waals surface area (Å²) in [5.41, 5.74) is 0.131. The second-order valence-corrected chi connectivity index (χ2v) is 4.32. The van der Waals surface area contributed by atoms with Crippen molar-refractivity contribution in [3.63, 3.8) is 0 Å². The zero-order chi connectivity index (χ0) is 13.8. The Morgan fingerprint density at radius 3 is 2.84 bits per heavy atom. The van der Waals surface area contributed by atoms with Crippen molar-refractivity contribution in [2.75, 3.05) is 0 Å². The molecule has 0 aliphatic rings. The van der Waals surface area contributed by atoms with Crippen LogP contribution in [-0.2, 0) is 0 Å². The Morgan fingerprint density at radius 1 is 1.37 bits per heavy atom. The maximum absolute atomic E-state index is 10.7. The van der Waals surface area contributed by atoms with E-state index in [4.69, 9.17) is 10.00 Å². The number of hydrogen-bond donors (Lipinski definition) is 0. The van der Waals surface area contributed by atoms with Gasteiger partial charge in [-0.2, -0.15) is 5.26 Å². The highest BCUT2D eigenvalue weighted by atomic mass is 79.9. The van der Waals surface area contributed by atoms with Crippen molar-refractivity contribution >= 4 is 21.6 Å². The van der Waals surface area contributed by atoms with E-state index in [9.17, 15) is 10.1 Å². The monoisotopic (exact) mass is 319 g/mol. The number of rotatable bonds is 3. The number of ether oxygens (including phenoxy) is 1. The molecule has 2 aromatic rings. The SMILES string of the molecule is N#Cc1cc(Oc2cc([N+](=O)[O-])ccc2Br)ccn1. The largest absolute Gasteiger partial charge is 0.456 e. The lowest BCUT2D eigenvalue weighted by Crippen LogP contribution is -1.91. The van der Waals surface area contributed by atoms with Crippen LogP contribution in [0.5, 0.6) is 11.5 Å². The Labute approximate surface area is 116 Å². The fourth-order valence-electron chi connectivity index (χ4n) is 1.35. The van der Waals surface area contributed by atoms with Gasteiger partial charge in [0.15, 0.2) is 0 Å². The Hall–Kier alpha value is -2.46. The maximum Gasteiger partial charge on any atom is 0.273 e. The highest BCUT2D eigenvalue weighted by molar-refractivity contribution is 9.10. The van der Waals surface area contributed by atoms with E-state index in [1.54, 1.807) is 6.07 Å². The quantitative estimate of drug-likeness (QED) is 0.638.